The summed E-state index contributed by atoms with van der Waals surface area (Å²) in [5, 5.41) is 12.0. The summed E-state index contributed by atoms with van der Waals surface area (Å²) in [7, 11) is 0. The molecule has 1 aliphatic heterocycles. The van der Waals surface area contributed by atoms with Crippen LogP contribution in [-0.2, 0) is 14.4 Å². The van der Waals surface area contributed by atoms with E-state index in [9.17, 15) is 14.4 Å². The molecule has 25 heavy (non-hydrogen) atoms. The number of amides is 2. The van der Waals surface area contributed by atoms with Gasteiger partial charge in [-0.2, -0.15) is 0 Å². The maximum atomic E-state index is 12.4. The van der Waals surface area contributed by atoms with Crippen LogP contribution in [0.25, 0.3) is 0 Å². The molecule has 0 aromatic rings. The zero-order valence-corrected chi connectivity index (χ0v) is 15.5. The average molecular weight is 353 g/mol. The van der Waals surface area contributed by atoms with Crippen molar-refractivity contribution in [1.82, 2.24) is 15.1 Å². The molecule has 1 saturated carbocycles. The highest BCUT2D eigenvalue weighted by Crippen LogP contribution is 2.27. The number of likely N-dealkylation sites (N-methyl/N-ethyl adjacent to an activating group) is 1. The Morgan fingerprint density at radius 2 is 2.04 bits per heavy atom. The van der Waals surface area contributed by atoms with Gasteiger partial charge in [-0.15, -0.1) is 0 Å². The summed E-state index contributed by atoms with van der Waals surface area (Å²) in [5.41, 5.74) is 0. The minimum absolute atomic E-state index is 0.0377. The van der Waals surface area contributed by atoms with Crippen LogP contribution in [-0.4, -0.2) is 70.4 Å². The summed E-state index contributed by atoms with van der Waals surface area (Å²) in [6.45, 7) is 7.34. The molecule has 1 aliphatic carbocycles. The van der Waals surface area contributed by atoms with Crippen molar-refractivity contribution in [1.29, 1.82) is 0 Å². The highest BCUT2D eigenvalue weighted by molar-refractivity contribution is 5.89. The number of nitrogens with zero attached hydrogens (tertiary/aromatic N) is 2. The molecule has 142 valence electrons. The average Bonchev–Trinajstić information content (AvgIpc) is 2.90. The number of carbonyl (C=O) groups is 3. The third kappa shape index (κ3) is 4.93. The summed E-state index contributed by atoms with van der Waals surface area (Å²) in [5.74, 6) is -1.04. The van der Waals surface area contributed by atoms with Gasteiger partial charge in [0.15, 0.2) is 0 Å². The maximum Gasteiger partial charge on any atom is 0.317 e. The van der Waals surface area contributed by atoms with E-state index in [0.29, 0.717) is 19.5 Å². The molecule has 0 aromatic carbocycles. The number of nitrogens with one attached hydrogen (secondary N) is 1. The Balaban J connectivity index is 1.77. The van der Waals surface area contributed by atoms with Gasteiger partial charge in [0, 0.05) is 31.1 Å². The van der Waals surface area contributed by atoms with E-state index in [1.54, 1.807) is 0 Å². The Morgan fingerprint density at radius 3 is 2.60 bits per heavy atom. The van der Waals surface area contributed by atoms with Gasteiger partial charge in [-0.05, 0) is 32.7 Å². The quantitative estimate of drug-likeness (QED) is 0.647. The van der Waals surface area contributed by atoms with Crippen molar-refractivity contribution in [2.45, 2.75) is 71.0 Å². The van der Waals surface area contributed by atoms with Crippen LogP contribution in [0.4, 0.5) is 0 Å². The lowest BCUT2D eigenvalue weighted by Crippen LogP contribution is -2.55. The number of carbonyl (C=O) groups excluding carboxylic acids is 2. The topological polar surface area (TPSA) is 90.0 Å². The molecule has 0 radical (unpaired) electrons. The molecule has 0 spiro atoms. The molecule has 2 fully saturated rings. The summed E-state index contributed by atoms with van der Waals surface area (Å²) in [6, 6.07) is 0.507. The first kappa shape index (κ1) is 19.7. The first-order valence-electron chi connectivity index (χ1n) is 9.41. The molecule has 7 nitrogen and oxygen atoms in total. The Labute approximate surface area is 149 Å². The zero-order valence-electron chi connectivity index (χ0n) is 15.5. The molecule has 1 saturated heterocycles. The van der Waals surface area contributed by atoms with Crippen molar-refractivity contribution in [2.75, 3.05) is 19.6 Å². The van der Waals surface area contributed by atoms with Crippen molar-refractivity contribution >= 4 is 17.8 Å². The molecule has 1 heterocycles. The van der Waals surface area contributed by atoms with Gasteiger partial charge in [0.2, 0.25) is 11.8 Å². The fraction of sp³-hybridized carbons (Fsp3) is 0.833. The molecule has 2 amide bonds. The predicted molar refractivity (Wildman–Crippen MR) is 94.0 cm³/mol. The standard InChI is InChI=1S/C18H31N3O4/c1-4-6-12(3)21-10-13(7-16(21)22)18(25)19-14-8-15(9-14)20(5-2)11-17(23)24/h12-15H,4-11H2,1-3H3,(H,19,25)(H,23,24). The number of hydrogen-bond acceptors (Lipinski definition) is 4. The van der Waals surface area contributed by atoms with Crippen LogP contribution in [0.2, 0.25) is 0 Å². The first-order valence-corrected chi connectivity index (χ1v) is 9.41. The molecule has 2 atom stereocenters. The Bertz CT molecular complexity index is 505. The first-order chi connectivity index (χ1) is 11.8. The molecule has 0 aromatic heterocycles. The van der Waals surface area contributed by atoms with E-state index in [2.05, 4.69) is 12.2 Å². The summed E-state index contributed by atoms with van der Waals surface area (Å²) in [6.07, 6.45) is 3.85. The van der Waals surface area contributed by atoms with E-state index >= 15 is 0 Å². The fourth-order valence-corrected chi connectivity index (χ4v) is 3.90. The second kappa shape index (κ2) is 8.65. The van der Waals surface area contributed by atoms with Crippen LogP contribution < -0.4 is 5.32 Å². The van der Waals surface area contributed by atoms with E-state index in [1.807, 2.05) is 23.6 Å². The number of carboxylic acids is 1. The third-order valence-corrected chi connectivity index (χ3v) is 5.49. The highest BCUT2D eigenvalue weighted by atomic mass is 16.4. The Morgan fingerprint density at radius 1 is 1.36 bits per heavy atom. The van der Waals surface area contributed by atoms with Gasteiger partial charge < -0.3 is 15.3 Å². The van der Waals surface area contributed by atoms with Crippen LogP contribution in [0.15, 0.2) is 0 Å². The minimum atomic E-state index is -0.819. The largest absolute Gasteiger partial charge is 0.480 e. The summed E-state index contributed by atoms with van der Waals surface area (Å²) < 4.78 is 0. The molecule has 0 bridgehead atoms. The fourth-order valence-electron chi connectivity index (χ4n) is 3.90. The smallest absolute Gasteiger partial charge is 0.317 e. The molecule has 2 rings (SSSR count). The van der Waals surface area contributed by atoms with E-state index in [1.165, 1.54) is 0 Å². The van der Waals surface area contributed by atoms with Crippen LogP contribution >= 0.6 is 0 Å². The van der Waals surface area contributed by atoms with Gasteiger partial charge in [0.1, 0.15) is 0 Å². The lowest BCUT2D eigenvalue weighted by Gasteiger charge is -2.42. The Hall–Kier alpha value is -1.63. The number of hydrogen-bond donors (Lipinski definition) is 2. The zero-order chi connectivity index (χ0) is 18.6. The lowest BCUT2D eigenvalue weighted by atomic mass is 9.85. The predicted octanol–water partition coefficient (Wildman–Crippen LogP) is 1.08. The SMILES string of the molecule is CCCC(C)N1CC(C(=O)NC2CC(N(CC)CC(=O)O)C2)CC1=O. The van der Waals surface area contributed by atoms with Gasteiger partial charge in [-0.3, -0.25) is 19.3 Å². The van der Waals surface area contributed by atoms with Crippen molar-refractivity contribution in [3.05, 3.63) is 0 Å². The van der Waals surface area contributed by atoms with Gasteiger partial charge in [0.25, 0.3) is 0 Å². The van der Waals surface area contributed by atoms with Crippen LogP contribution in [0, 0.1) is 5.92 Å². The minimum Gasteiger partial charge on any atom is -0.480 e. The maximum absolute atomic E-state index is 12.4. The lowest BCUT2D eigenvalue weighted by molar-refractivity contribution is -0.140. The molecular weight excluding hydrogens is 322 g/mol. The molecule has 2 aliphatic rings. The van der Waals surface area contributed by atoms with Gasteiger partial charge in [-0.25, -0.2) is 0 Å². The van der Waals surface area contributed by atoms with E-state index in [0.717, 1.165) is 25.7 Å². The van der Waals surface area contributed by atoms with Crippen LogP contribution in [0.5, 0.6) is 0 Å². The van der Waals surface area contributed by atoms with Gasteiger partial charge >= 0.3 is 5.97 Å². The third-order valence-electron chi connectivity index (χ3n) is 5.49. The molecule has 2 N–H and O–H groups in total. The van der Waals surface area contributed by atoms with Crippen molar-refractivity contribution < 1.29 is 19.5 Å². The van der Waals surface area contributed by atoms with Crippen LogP contribution in [0.3, 0.4) is 0 Å². The van der Waals surface area contributed by atoms with Gasteiger partial charge in [0.05, 0.1) is 12.5 Å². The number of rotatable bonds is 9. The summed E-state index contributed by atoms with van der Waals surface area (Å²) >= 11 is 0. The Kier molecular flexibility index (Phi) is 6.81. The molecule has 2 unspecified atom stereocenters. The van der Waals surface area contributed by atoms with E-state index in [4.69, 9.17) is 5.11 Å². The van der Waals surface area contributed by atoms with Crippen molar-refractivity contribution in [3.8, 4) is 0 Å². The number of likely N-dealkylation sites (tertiary alicyclic amines) is 1. The second-order valence-electron chi connectivity index (χ2n) is 7.37. The monoisotopic (exact) mass is 353 g/mol. The highest BCUT2D eigenvalue weighted by Gasteiger charge is 2.39. The van der Waals surface area contributed by atoms with Crippen LogP contribution in [0.1, 0.15) is 52.9 Å². The molecule has 7 heteroatoms. The molecular formula is C18H31N3O4. The second-order valence-corrected chi connectivity index (χ2v) is 7.37. The summed E-state index contributed by atoms with van der Waals surface area (Å²) in [4.78, 5) is 39.2. The normalized spacial score (nSPS) is 27.3. The number of carboxylic acid groups (broad SMARTS) is 1. The van der Waals surface area contributed by atoms with Crippen molar-refractivity contribution in [2.24, 2.45) is 5.92 Å². The van der Waals surface area contributed by atoms with Crippen molar-refractivity contribution in [3.63, 3.8) is 0 Å². The van der Waals surface area contributed by atoms with E-state index in [-0.39, 0.29) is 42.4 Å². The van der Waals surface area contributed by atoms with E-state index < -0.39 is 5.97 Å². The van der Waals surface area contributed by atoms with Gasteiger partial charge in [-0.1, -0.05) is 20.3 Å². The number of aliphatic carboxylic acids is 1.